The molecule has 1 N–H and O–H groups in total. The fraction of sp³-hybridized carbons (Fsp3) is 0.450. The van der Waals surface area contributed by atoms with Gasteiger partial charge in [-0.1, -0.05) is 51.2 Å². The average molecular weight is 391 g/mol. The van der Waals surface area contributed by atoms with Crippen molar-refractivity contribution in [3.8, 4) is 5.75 Å². The van der Waals surface area contributed by atoms with Gasteiger partial charge in [0.25, 0.3) is 11.1 Å². The topological polar surface area (TPSA) is 83.9 Å². The molecular weight excluding hydrogens is 366 g/mol. The number of carbonyl (C=O) groups is 3. The Morgan fingerprint density at radius 2 is 1.78 bits per heavy atom. The molecule has 1 heterocycles. The van der Waals surface area contributed by atoms with Gasteiger partial charge in [0.2, 0.25) is 0 Å². The first-order valence-corrected chi connectivity index (χ1v) is 10.0. The van der Waals surface area contributed by atoms with Gasteiger partial charge in [-0.25, -0.2) is 0 Å². The number of carboxylic acid groups (broad SMARTS) is 1. The minimum atomic E-state index is -1.22. The van der Waals surface area contributed by atoms with Crippen molar-refractivity contribution in [2.45, 2.75) is 45.4 Å². The Hall–Kier alpha value is -2.28. The van der Waals surface area contributed by atoms with Gasteiger partial charge >= 0.3 is 5.97 Å². The zero-order chi connectivity index (χ0) is 19.6. The largest absolute Gasteiger partial charge is 0.494 e. The van der Waals surface area contributed by atoms with Gasteiger partial charge in [0.05, 0.1) is 11.5 Å². The summed E-state index contributed by atoms with van der Waals surface area (Å²) in [6.07, 6.45) is 8.85. The maximum atomic E-state index is 12.1. The van der Waals surface area contributed by atoms with Crippen molar-refractivity contribution < 1.29 is 24.2 Å². The molecule has 1 aromatic rings. The molecule has 0 bridgehead atoms. The summed E-state index contributed by atoms with van der Waals surface area (Å²) >= 11 is 0.752. The van der Waals surface area contributed by atoms with Crippen molar-refractivity contribution in [1.29, 1.82) is 0 Å². The number of aliphatic carboxylic acids is 1. The molecule has 1 saturated heterocycles. The van der Waals surface area contributed by atoms with Crippen LogP contribution in [0.15, 0.2) is 29.2 Å². The van der Waals surface area contributed by atoms with Gasteiger partial charge in [-0.3, -0.25) is 19.3 Å². The van der Waals surface area contributed by atoms with E-state index in [4.69, 9.17) is 9.84 Å². The second-order valence-electron chi connectivity index (χ2n) is 6.35. The third-order valence-corrected chi connectivity index (χ3v) is 5.02. The van der Waals surface area contributed by atoms with Crippen LogP contribution in [0.1, 0.15) is 51.0 Å². The molecule has 1 aliphatic heterocycles. The van der Waals surface area contributed by atoms with E-state index in [-0.39, 0.29) is 4.91 Å². The Labute approximate surface area is 163 Å². The number of nitrogens with zero attached hydrogens (tertiary/aromatic N) is 1. The van der Waals surface area contributed by atoms with E-state index in [1.54, 1.807) is 6.08 Å². The van der Waals surface area contributed by atoms with E-state index < -0.39 is 23.7 Å². The number of amides is 2. The van der Waals surface area contributed by atoms with Gasteiger partial charge in [-0.2, -0.15) is 0 Å². The van der Waals surface area contributed by atoms with Crippen LogP contribution in [0.3, 0.4) is 0 Å². The van der Waals surface area contributed by atoms with E-state index in [0.717, 1.165) is 34.4 Å². The lowest BCUT2D eigenvalue weighted by Crippen LogP contribution is -2.33. The average Bonchev–Trinajstić information content (AvgIpc) is 2.89. The van der Waals surface area contributed by atoms with Crippen molar-refractivity contribution >= 4 is 35.0 Å². The minimum absolute atomic E-state index is 0.224. The number of thioether (sulfide) groups is 1. The quantitative estimate of drug-likeness (QED) is 0.440. The molecule has 27 heavy (non-hydrogen) atoms. The molecular formula is C20H25NO5S. The summed E-state index contributed by atoms with van der Waals surface area (Å²) in [4.78, 5) is 35.6. The number of carbonyl (C=O) groups excluding carboxylic acids is 2. The molecule has 6 nitrogen and oxygen atoms in total. The fourth-order valence-electron chi connectivity index (χ4n) is 2.66. The van der Waals surface area contributed by atoms with Crippen molar-refractivity contribution in [3.05, 3.63) is 34.7 Å². The summed E-state index contributed by atoms with van der Waals surface area (Å²) in [7, 11) is 0. The van der Waals surface area contributed by atoms with Crippen LogP contribution < -0.4 is 4.74 Å². The molecule has 0 saturated carbocycles. The van der Waals surface area contributed by atoms with Crippen LogP contribution >= 0.6 is 11.8 Å². The molecule has 2 rings (SSSR count). The molecule has 7 heteroatoms. The Morgan fingerprint density at radius 3 is 2.44 bits per heavy atom. The molecule has 1 aliphatic rings. The number of ether oxygens (including phenoxy) is 1. The molecule has 1 fully saturated rings. The third kappa shape index (κ3) is 6.75. The van der Waals surface area contributed by atoms with Gasteiger partial charge in [-0.05, 0) is 42.0 Å². The highest BCUT2D eigenvalue weighted by molar-refractivity contribution is 8.18. The smallest absolute Gasteiger partial charge is 0.323 e. The molecule has 0 unspecified atom stereocenters. The number of rotatable bonds is 11. The summed E-state index contributed by atoms with van der Waals surface area (Å²) in [5.74, 6) is -1.03. The monoisotopic (exact) mass is 391 g/mol. The number of hydrogen-bond donors (Lipinski definition) is 1. The van der Waals surface area contributed by atoms with Crippen molar-refractivity contribution in [3.63, 3.8) is 0 Å². The van der Waals surface area contributed by atoms with Crippen LogP contribution in [-0.4, -0.2) is 40.3 Å². The third-order valence-electron chi connectivity index (χ3n) is 4.11. The lowest BCUT2D eigenvalue weighted by Gasteiger charge is -2.08. The zero-order valence-electron chi connectivity index (χ0n) is 15.5. The minimum Gasteiger partial charge on any atom is -0.494 e. The van der Waals surface area contributed by atoms with E-state index in [2.05, 4.69) is 6.92 Å². The lowest BCUT2D eigenvalue weighted by atomic mass is 10.1. The number of imide groups is 1. The molecule has 0 spiro atoms. The van der Waals surface area contributed by atoms with Crippen LogP contribution in [-0.2, 0) is 9.59 Å². The number of hydrogen-bond acceptors (Lipinski definition) is 5. The number of carboxylic acids is 1. The highest BCUT2D eigenvalue weighted by Gasteiger charge is 2.36. The Kier molecular flexibility index (Phi) is 8.39. The maximum Gasteiger partial charge on any atom is 0.323 e. The van der Waals surface area contributed by atoms with Crippen LogP contribution in [0.5, 0.6) is 5.75 Å². The first kappa shape index (κ1) is 21.0. The predicted octanol–water partition coefficient (Wildman–Crippen LogP) is 4.55. The second kappa shape index (κ2) is 10.8. The van der Waals surface area contributed by atoms with Crippen molar-refractivity contribution in [2.24, 2.45) is 0 Å². The molecule has 2 amide bonds. The highest BCUT2D eigenvalue weighted by Crippen LogP contribution is 2.32. The van der Waals surface area contributed by atoms with Gasteiger partial charge < -0.3 is 9.84 Å². The maximum absolute atomic E-state index is 12.1. The van der Waals surface area contributed by atoms with E-state index in [9.17, 15) is 14.4 Å². The molecule has 0 aliphatic carbocycles. The van der Waals surface area contributed by atoms with Crippen LogP contribution in [0, 0.1) is 0 Å². The Balaban J connectivity index is 1.83. The van der Waals surface area contributed by atoms with Crippen molar-refractivity contribution in [2.75, 3.05) is 13.2 Å². The van der Waals surface area contributed by atoms with E-state index in [1.165, 1.54) is 32.1 Å². The van der Waals surface area contributed by atoms with E-state index in [1.807, 2.05) is 24.3 Å². The summed E-state index contributed by atoms with van der Waals surface area (Å²) in [5, 5.41) is 8.21. The number of unbranched alkanes of at least 4 members (excludes halogenated alkanes) is 5. The highest BCUT2D eigenvalue weighted by atomic mass is 32.2. The van der Waals surface area contributed by atoms with Crippen LogP contribution in [0.25, 0.3) is 6.08 Å². The fourth-order valence-corrected chi connectivity index (χ4v) is 3.49. The molecule has 0 radical (unpaired) electrons. The standard InChI is InChI=1S/C20H25NO5S/c1-2-3-4-5-6-7-12-26-16-10-8-15(9-11-16)13-17-19(24)21(14-18(22)23)20(25)27-17/h8-11,13H,2-7,12,14H2,1H3,(H,22,23)/b17-13-. The molecule has 146 valence electrons. The predicted molar refractivity (Wildman–Crippen MR) is 106 cm³/mol. The normalized spacial score (nSPS) is 15.6. The summed E-state index contributed by atoms with van der Waals surface area (Å²) in [6, 6.07) is 7.26. The molecule has 0 aromatic heterocycles. The summed E-state index contributed by atoms with van der Waals surface area (Å²) in [6.45, 7) is 2.26. The summed E-state index contributed by atoms with van der Waals surface area (Å²) in [5.41, 5.74) is 0.753. The first-order chi connectivity index (χ1) is 13.0. The Morgan fingerprint density at radius 1 is 1.11 bits per heavy atom. The van der Waals surface area contributed by atoms with Gasteiger partial charge in [0.15, 0.2) is 0 Å². The van der Waals surface area contributed by atoms with Crippen LogP contribution in [0.4, 0.5) is 4.79 Å². The van der Waals surface area contributed by atoms with E-state index in [0.29, 0.717) is 6.61 Å². The number of benzene rings is 1. The Bertz CT molecular complexity index is 699. The zero-order valence-corrected chi connectivity index (χ0v) is 16.3. The SMILES string of the molecule is CCCCCCCCOc1ccc(/C=C2\SC(=O)N(CC(=O)O)C2=O)cc1. The van der Waals surface area contributed by atoms with Crippen molar-refractivity contribution in [1.82, 2.24) is 4.90 Å². The molecule has 0 atom stereocenters. The second-order valence-corrected chi connectivity index (χ2v) is 7.34. The molecule has 1 aromatic carbocycles. The first-order valence-electron chi connectivity index (χ1n) is 9.21. The van der Waals surface area contributed by atoms with Crippen LogP contribution in [0.2, 0.25) is 0 Å². The van der Waals surface area contributed by atoms with Gasteiger partial charge in [0, 0.05) is 0 Å². The lowest BCUT2D eigenvalue weighted by molar-refractivity contribution is -0.140. The van der Waals surface area contributed by atoms with Gasteiger partial charge in [-0.15, -0.1) is 0 Å². The van der Waals surface area contributed by atoms with Gasteiger partial charge in [0.1, 0.15) is 12.3 Å². The van der Waals surface area contributed by atoms with E-state index >= 15 is 0 Å². The summed E-state index contributed by atoms with van der Waals surface area (Å²) < 4.78 is 5.72.